The van der Waals surface area contributed by atoms with Gasteiger partial charge in [-0.3, -0.25) is 9.48 Å². The minimum absolute atomic E-state index is 0.115. The van der Waals surface area contributed by atoms with E-state index in [-0.39, 0.29) is 12.5 Å². The van der Waals surface area contributed by atoms with Crippen LogP contribution in [0.5, 0.6) is 0 Å². The number of hydrogen-bond acceptors (Lipinski definition) is 3. The molecule has 0 fully saturated rings. The average Bonchev–Trinajstić information content (AvgIpc) is 3.03. The molecule has 0 aliphatic rings. The van der Waals surface area contributed by atoms with E-state index in [9.17, 15) is 23.1 Å². The number of halogens is 3. The molecule has 2 N–H and O–H groups in total. The first-order valence-electron chi connectivity index (χ1n) is 8.34. The summed E-state index contributed by atoms with van der Waals surface area (Å²) in [7, 11) is 0. The van der Waals surface area contributed by atoms with E-state index in [4.69, 9.17) is 0 Å². The van der Waals surface area contributed by atoms with Crippen LogP contribution in [0.4, 0.5) is 13.2 Å². The number of rotatable bonds is 6. The molecule has 26 heavy (non-hydrogen) atoms. The first-order valence-corrected chi connectivity index (χ1v) is 8.34. The molecule has 2 rings (SSSR count). The quantitative estimate of drug-likeness (QED) is 0.819. The second-order valence-electron chi connectivity index (χ2n) is 6.27. The van der Waals surface area contributed by atoms with Crippen LogP contribution in [0.3, 0.4) is 0 Å². The fourth-order valence-corrected chi connectivity index (χ4v) is 2.43. The third-order valence-corrected chi connectivity index (χ3v) is 4.00. The average molecular weight is 369 g/mol. The minimum atomic E-state index is -4.43. The van der Waals surface area contributed by atoms with Crippen LogP contribution in [0.15, 0.2) is 30.3 Å². The SMILES string of the molecule is CCn1nc(C(C)C)cc1C(=O)NCC(O)c1ccc(C(F)(F)F)cc1. The number of aryl methyl sites for hydroxylation is 1. The molecule has 2 aromatic rings. The summed E-state index contributed by atoms with van der Waals surface area (Å²) >= 11 is 0. The molecule has 0 radical (unpaired) electrons. The molecule has 142 valence electrons. The number of carbonyl (C=O) groups excluding carboxylic acids is 1. The molecule has 0 spiro atoms. The highest BCUT2D eigenvalue weighted by Gasteiger charge is 2.30. The summed E-state index contributed by atoms with van der Waals surface area (Å²) in [5.41, 5.74) is 0.687. The lowest BCUT2D eigenvalue weighted by Gasteiger charge is -2.14. The molecule has 1 unspecified atom stereocenters. The number of aromatic nitrogens is 2. The summed E-state index contributed by atoms with van der Waals surface area (Å²) in [4.78, 5) is 12.3. The fourth-order valence-electron chi connectivity index (χ4n) is 2.43. The Hall–Kier alpha value is -2.35. The van der Waals surface area contributed by atoms with E-state index in [0.29, 0.717) is 17.8 Å². The first-order chi connectivity index (χ1) is 12.1. The van der Waals surface area contributed by atoms with Crippen LogP contribution in [0.25, 0.3) is 0 Å². The van der Waals surface area contributed by atoms with E-state index >= 15 is 0 Å². The molecule has 0 aliphatic heterocycles. The molecule has 8 heteroatoms. The topological polar surface area (TPSA) is 67.2 Å². The van der Waals surface area contributed by atoms with Crippen LogP contribution in [-0.2, 0) is 12.7 Å². The van der Waals surface area contributed by atoms with Gasteiger partial charge in [-0.1, -0.05) is 26.0 Å². The van der Waals surface area contributed by atoms with Crippen molar-refractivity contribution in [1.82, 2.24) is 15.1 Å². The van der Waals surface area contributed by atoms with E-state index in [2.05, 4.69) is 10.4 Å². The van der Waals surface area contributed by atoms with E-state index in [1.807, 2.05) is 20.8 Å². The molecular formula is C18H22F3N3O2. The summed E-state index contributed by atoms with van der Waals surface area (Å²) in [6.45, 7) is 6.22. The maximum absolute atomic E-state index is 12.6. The van der Waals surface area contributed by atoms with Crippen molar-refractivity contribution in [2.24, 2.45) is 0 Å². The summed E-state index contributed by atoms with van der Waals surface area (Å²) in [5.74, 6) is -0.218. The number of benzene rings is 1. The highest BCUT2D eigenvalue weighted by Crippen LogP contribution is 2.29. The molecule has 0 bridgehead atoms. The third kappa shape index (κ3) is 4.63. The number of aliphatic hydroxyl groups is 1. The third-order valence-electron chi connectivity index (χ3n) is 4.00. The Labute approximate surface area is 149 Å². The van der Waals surface area contributed by atoms with Gasteiger partial charge < -0.3 is 10.4 Å². The number of nitrogens with zero attached hydrogens (tertiary/aromatic N) is 2. The molecule has 5 nitrogen and oxygen atoms in total. The lowest BCUT2D eigenvalue weighted by Crippen LogP contribution is -2.30. The van der Waals surface area contributed by atoms with Crippen LogP contribution >= 0.6 is 0 Å². The number of carbonyl (C=O) groups is 1. The number of amides is 1. The van der Waals surface area contributed by atoms with Crippen molar-refractivity contribution in [2.45, 2.75) is 45.5 Å². The van der Waals surface area contributed by atoms with Crippen LogP contribution in [0.1, 0.15) is 60.1 Å². The highest BCUT2D eigenvalue weighted by atomic mass is 19.4. The Morgan fingerprint density at radius 1 is 1.27 bits per heavy atom. The maximum Gasteiger partial charge on any atom is 0.416 e. The zero-order valence-corrected chi connectivity index (χ0v) is 14.8. The smallest absolute Gasteiger partial charge is 0.387 e. The summed E-state index contributed by atoms with van der Waals surface area (Å²) < 4.78 is 39.3. The molecule has 1 heterocycles. The van der Waals surface area contributed by atoms with Crippen molar-refractivity contribution in [3.05, 3.63) is 52.8 Å². The predicted molar refractivity (Wildman–Crippen MR) is 90.7 cm³/mol. The maximum atomic E-state index is 12.6. The molecule has 1 aromatic heterocycles. The van der Waals surface area contributed by atoms with Crippen LogP contribution in [0, 0.1) is 0 Å². The lowest BCUT2D eigenvalue weighted by molar-refractivity contribution is -0.137. The Kier molecular flexibility index (Phi) is 6.07. The van der Waals surface area contributed by atoms with Crippen molar-refractivity contribution >= 4 is 5.91 Å². The molecule has 0 aliphatic carbocycles. The molecular weight excluding hydrogens is 347 g/mol. The molecule has 1 amide bonds. The predicted octanol–water partition coefficient (Wildman–Crippen LogP) is 3.51. The van der Waals surface area contributed by atoms with Crippen LogP contribution < -0.4 is 5.32 Å². The van der Waals surface area contributed by atoms with E-state index in [1.54, 1.807) is 10.7 Å². The number of hydrogen-bond donors (Lipinski definition) is 2. The number of nitrogens with one attached hydrogen (secondary N) is 1. The zero-order valence-electron chi connectivity index (χ0n) is 14.8. The van der Waals surface area contributed by atoms with Gasteiger partial charge in [0.05, 0.1) is 17.4 Å². The Morgan fingerprint density at radius 2 is 1.88 bits per heavy atom. The van der Waals surface area contributed by atoms with Crippen molar-refractivity contribution in [3.8, 4) is 0 Å². The number of aliphatic hydroxyl groups excluding tert-OH is 1. The highest BCUT2D eigenvalue weighted by molar-refractivity contribution is 5.92. The molecule has 1 aromatic carbocycles. The van der Waals surface area contributed by atoms with Crippen molar-refractivity contribution < 1.29 is 23.1 Å². The van der Waals surface area contributed by atoms with E-state index < -0.39 is 23.8 Å². The Morgan fingerprint density at radius 3 is 2.38 bits per heavy atom. The van der Waals surface area contributed by atoms with Crippen LogP contribution in [-0.4, -0.2) is 27.3 Å². The monoisotopic (exact) mass is 369 g/mol. The van der Waals surface area contributed by atoms with Crippen molar-refractivity contribution in [3.63, 3.8) is 0 Å². The van der Waals surface area contributed by atoms with E-state index in [1.165, 1.54) is 12.1 Å². The summed E-state index contributed by atoms with van der Waals surface area (Å²) in [6, 6.07) is 5.91. The lowest BCUT2D eigenvalue weighted by atomic mass is 10.1. The van der Waals surface area contributed by atoms with Crippen molar-refractivity contribution in [1.29, 1.82) is 0 Å². The normalized spacial score (nSPS) is 13.1. The van der Waals surface area contributed by atoms with Gasteiger partial charge in [-0.25, -0.2) is 0 Å². The van der Waals surface area contributed by atoms with Gasteiger partial charge in [0.25, 0.3) is 5.91 Å². The number of alkyl halides is 3. The van der Waals surface area contributed by atoms with Gasteiger partial charge in [-0.2, -0.15) is 18.3 Å². The van der Waals surface area contributed by atoms with Crippen molar-refractivity contribution in [2.75, 3.05) is 6.54 Å². The standard InChI is InChI=1S/C18H22F3N3O2/c1-4-24-15(9-14(23-24)11(2)3)17(26)22-10-16(25)12-5-7-13(8-6-12)18(19,20)21/h5-9,11,16,25H,4,10H2,1-3H3,(H,22,26). The Bertz CT molecular complexity index is 752. The summed E-state index contributed by atoms with van der Waals surface area (Å²) in [5, 5.41) is 17.1. The second kappa shape index (κ2) is 7.90. The minimum Gasteiger partial charge on any atom is -0.387 e. The van der Waals surface area contributed by atoms with Gasteiger partial charge >= 0.3 is 6.18 Å². The van der Waals surface area contributed by atoms with Gasteiger partial charge in [-0.15, -0.1) is 0 Å². The fraction of sp³-hybridized carbons (Fsp3) is 0.444. The Balaban J connectivity index is 2.03. The van der Waals surface area contributed by atoms with Gasteiger partial charge in [0, 0.05) is 13.1 Å². The largest absolute Gasteiger partial charge is 0.416 e. The molecule has 1 atom stereocenters. The van der Waals surface area contributed by atoms with Gasteiger partial charge in [0.15, 0.2) is 0 Å². The zero-order chi connectivity index (χ0) is 19.5. The van der Waals surface area contributed by atoms with E-state index in [0.717, 1.165) is 17.8 Å². The van der Waals surface area contributed by atoms with Gasteiger partial charge in [0.2, 0.25) is 0 Å². The first kappa shape index (κ1) is 20.0. The summed E-state index contributed by atoms with van der Waals surface area (Å²) in [6.07, 6.45) is -5.53. The second-order valence-corrected chi connectivity index (χ2v) is 6.27. The molecule has 0 saturated carbocycles. The van der Waals surface area contributed by atoms with Crippen LogP contribution in [0.2, 0.25) is 0 Å². The van der Waals surface area contributed by atoms with Gasteiger partial charge in [-0.05, 0) is 36.6 Å². The molecule has 0 saturated heterocycles. The van der Waals surface area contributed by atoms with Gasteiger partial charge in [0.1, 0.15) is 5.69 Å².